The number of unbranched alkanes of at least 4 members (excludes halogenated alkanes) is 1. The molecule has 1 aromatic rings. The maximum absolute atomic E-state index is 13.9. The first-order valence-electron chi connectivity index (χ1n) is 9.80. The lowest BCUT2D eigenvalue weighted by atomic mass is 9.78. The van der Waals surface area contributed by atoms with Crippen molar-refractivity contribution in [3.8, 4) is 6.07 Å². The molecule has 1 aromatic carbocycles. The summed E-state index contributed by atoms with van der Waals surface area (Å²) >= 11 is 0. The molecular formula is C22H28FNO2. The van der Waals surface area contributed by atoms with Gasteiger partial charge in [0.2, 0.25) is 0 Å². The van der Waals surface area contributed by atoms with Gasteiger partial charge in [0.1, 0.15) is 11.9 Å². The molecular weight excluding hydrogens is 329 g/mol. The van der Waals surface area contributed by atoms with Crippen molar-refractivity contribution >= 4 is 0 Å². The number of nitriles is 1. The Morgan fingerprint density at radius 1 is 1.19 bits per heavy atom. The summed E-state index contributed by atoms with van der Waals surface area (Å²) in [5.74, 6) is 0.751. The van der Waals surface area contributed by atoms with Gasteiger partial charge in [-0.2, -0.15) is 5.26 Å². The van der Waals surface area contributed by atoms with Gasteiger partial charge in [0.25, 0.3) is 0 Å². The molecule has 3 nitrogen and oxygen atoms in total. The highest BCUT2D eigenvalue weighted by atomic mass is 19.1. The molecule has 4 heteroatoms. The summed E-state index contributed by atoms with van der Waals surface area (Å²) in [6.07, 6.45) is 10.7. The number of allylic oxidation sites excluding steroid dienone is 1. The van der Waals surface area contributed by atoms with Crippen molar-refractivity contribution in [3.05, 3.63) is 47.3 Å². The second-order valence-corrected chi connectivity index (χ2v) is 7.47. The molecule has 0 N–H and O–H groups in total. The highest BCUT2D eigenvalue weighted by molar-refractivity contribution is 5.34. The van der Waals surface area contributed by atoms with Crippen molar-refractivity contribution in [1.82, 2.24) is 0 Å². The molecule has 0 aromatic heterocycles. The lowest BCUT2D eigenvalue weighted by Gasteiger charge is -2.37. The lowest BCUT2D eigenvalue weighted by Crippen LogP contribution is -2.37. The molecule has 140 valence electrons. The van der Waals surface area contributed by atoms with Crippen molar-refractivity contribution in [2.45, 2.75) is 57.7 Å². The number of hydrogen-bond donors (Lipinski definition) is 0. The van der Waals surface area contributed by atoms with Crippen LogP contribution in [-0.2, 0) is 9.47 Å². The first-order valence-corrected chi connectivity index (χ1v) is 9.80. The predicted octanol–water partition coefficient (Wildman–Crippen LogP) is 5.32. The van der Waals surface area contributed by atoms with E-state index in [0.29, 0.717) is 17.8 Å². The van der Waals surface area contributed by atoms with Crippen molar-refractivity contribution in [2.24, 2.45) is 11.8 Å². The minimum Gasteiger partial charge on any atom is -0.352 e. The minimum atomic E-state index is -0.409. The predicted molar refractivity (Wildman–Crippen MR) is 99.0 cm³/mol. The van der Waals surface area contributed by atoms with E-state index in [1.54, 1.807) is 6.07 Å². The molecule has 2 fully saturated rings. The molecule has 1 aliphatic heterocycles. The second kappa shape index (κ2) is 9.30. The fraction of sp³-hybridized carbons (Fsp3) is 0.591. The Hall–Kier alpha value is -1.70. The smallest absolute Gasteiger partial charge is 0.160 e. The first kappa shape index (κ1) is 19.1. The number of nitrogens with zero attached hydrogens (tertiary/aromatic N) is 1. The van der Waals surface area contributed by atoms with Gasteiger partial charge in [0.15, 0.2) is 6.29 Å². The Kier molecular flexibility index (Phi) is 6.82. The van der Waals surface area contributed by atoms with Gasteiger partial charge >= 0.3 is 0 Å². The molecule has 0 unspecified atom stereocenters. The molecule has 3 rings (SSSR count). The first-order chi connectivity index (χ1) is 12.7. The number of halogens is 1. The van der Waals surface area contributed by atoms with Crippen molar-refractivity contribution in [1.29, 1.82) is 5.26 Å². The molecule has 0 radical (unpaired) electrons. The summed E-state index contributed by atoms with van der Waals surface area (Å²) in [5.41, 5.74) is 1.13. The van der Waals surface area contributed by atoms with E-state index in [4.69, 9.17) is 14.7 Å². The average Bonchev–Trinajstić information content (AvgIpc) is 2.69. The summed E-state index contributed by atoms with van der Waals surface area (Å²) in [7, 11) is 0. The van der Waals surface area contributed by atoms with Crippen LogP contribution < -0.4 is 0 Å². The molecule has 1 saturated carbocycles. The molecule has 26 heavy (non-hydrogen) atoms. The highest BCUT2D eigenvalue weighted by Gasteiger charge is 2.32. The normalized spacial score (nSPS) is 29.6. The van der Waals surface area contributed by atoms with Gasteiger partial charge in [-0.3, -0.25) is 0 Å². The van der Waals surface area contributed by atoms with Gasteiger partial charge in [0, 0.05) is 11.8 Å². The topological polar surface area (TPSA) is 42.2 Å². The Bertz CT molecular complexity index is 651. The number of hydrogen-bond acceptors (Lipinski definition) is 3. The zero-order valence-electron chi connectivity index (χ0n) is 15.5. The van der Waals surface area contributed by atoms with Crippen LogP contribution in [0.25, 0.3) is 0 Å². The van der Waals surface area contributed by atoms with Crippen molar-refractivity contribution < 1.29 is 13.9 Å². The fourth-order valence-corrected chi connectivity index (χ4v) is 3.97. The Labute approximate surface area is 155 Å². The van der Waals surface area contributed by atoms with Crippen LogP contribution in [-0.4, -0.2) is 19.5 Å². The molecule has 0 spiro atoms. The van der Waals surface area contributed by atoms with E-state index >= 15 is 0 Å². The van der Waals surface area contributed by atoms with E-state index in [1.807, 2.05) is 12.1 Å². The second-order valence-electron chi connectivity index (χ2n) is 7.47. The third kappa shape index (κ3) is 4.72. The van der Waals surface area contributed by atoms with Gasteiger partial charge < -0.3 is 9.47 Å². The summed E-state index contributed by atoms with van der Waals surface area (Å²) < 4.78 is 25.8. The molecule has 1 aliphatic carbocycles. The monoisotopic (exact) mass is 357 g/mol. The van der Waals surface area contributed by atoms with E-state index < -0.39 is 5.82 Å². The van der Waals surface area contributed by atoms with E-state index in [1.165, 1.54) is 12.5 Å². The Morgan fingerprint density at radius 2 is 1.92 bits per heavy atom. The Morgan fingerprint density at radius 3 is 2.54 bits per heavy atom. The van der Waals surface area contributed by atoms with Gasteiger partial charge in [-0.15, -0.1) is 0 Å². The van der Waals surface area contributed by atoms with Crippen LogP contribution in [0.4, 0.5) is 4.39 Å². The SMILES string of the molecule is CCCC=CC1COC(C2CCC(c3ccc(C#N)c(F)c3)CC2)OC1. The Balaban J connectivity index is 1.47. The van der Waals surface area contributed by atoms with E-state index in [0.717, 1.165) is 50.9 Å². The average molecular weight is 357 g/mol. The molecule has 1 saturated heterocycles. The van der Waals surface area contributed by atoms with Crippen LogP contribution in [0.5, 0.6) is 0 Å². The maximum atomic E-state index is 13.9. The molecule has 0 bridgehead atoms. The molecule has 2 aliphatic rings. The lowest BCUT2D eigenvalue weighted by molar-refractivity contribution is -0.222. The van der Waals surface area contributed by atoms with Crippen molar-refractivity contribution in [2.75, 3.05) is 13.2 Å². The van der Waals surface area contributed by atoms with Crippen LogP contribution in [0.2, 0.25) is 0 Å². The van der Waals surface area contributed by atoms with E-state index in [2.05, 4.69) is 19.1 Å². The molecule has 1 heterocycles. The summed E-state index contributed by atoms with van der Waals surface area (Å²) in [6.45, 7) is 3.66. The van der Waals surface area contributed by atoms with Gasteiger partial charge in [-0.1, -0.05) is 31.6 Å². The number of ether oxygens (including phenoxy) is 2. The number of rotatable bonds is 5. The summed E-state index contributed by atoms with van der Waals surface area (Å²) in [6, 6.07) is 6.90. The summed E-state index contributed by atoms with van der Waals surface area (Å²) in [5, 5.41) is 8.86. The standard InChI is InChI=1S/C22H28FNO2/c1-2-3-4-5-16-14-25-22(26-15-16)18-8-6-17(7-9-18)19-10-11-20(13-24)21(23)12-19/h4-5,10-12,16-18,22H,2-3,6-9,14-15H2,1H3. The highest BCUT2D eigenvalue weighted by Crippen LogP contribution is 2.39. The summed E-state index contributed by atoms with van der Waals surface area (Å²) in [4.78, 5) is 0. The zero-order chi connectivity index (χ0) is 18.4. The molecule has 0 amide bonds. The van der Waals surface area contributed by atoms with Crippen LogP contribution in [0, 0.1) is 29.0 Å². The fourth-order valence-electron chi connectivity index (χ4n) is 3.97. The van der Waals surface area contributed by atoms with Gasteiger partial charge in [-0.25, -0.2) is 4.39 Å². The van der Waals surface area contributed by atoms with Crippen LogP contribution in [0.3, 0.4) is 0 Å². The quantitative estimate of drug-likeness (QED) is 0.670. The minimum absolute atomic E-state index is 0.0931. The third-order valence-corrected chi connectivity index (χ3v) is 5.55. The van der Waals surface area contributed by atoms with Crippen molar-refractivity contribution in [3.63, 3.8) is 0 Å². The van der Waals surface area contributed by atoms with E-state index in [9.17, 15) is 4.39 Å². The molecule has 0 atom stereocenters. The van der Waals surface area contributed by atoms with Crippen LogP contribution >= 0.6 is 0 Å². The van der Waals surface area contributed by atoms with Gasteiger partial charge in [0.05, 0.1) is 18.8 Å². The van der Waals surface area contributed by atoms with Crippen LogP contribution in [0.1, 0.15) is 62.5 Å². The third-order valence-electron chi connectivity index (χ3n) is 5.55. The maximum Gasteiger partial charge on any atom is 0.160 e. The zero-order valence-corrected chi connectivity index (χ0v) is 15.5. The largest absolute Gasteiger partial charge is 0.352 e. The van der Waals surface area contributed by atoms with Crippen LogP contribution in [0.15, 0.2) is 30.4 Å². The van der Waals surface area contributed by atoms with E-state index in [-0.39, 0.29) is 11.9 Å². The number of benzene rings is 1. The van der Waals surface area contributed by atoms with Gasteiger partial charge in [-0.05, 0) is 55.7 Å².